The Morgan fingerprint density at radius 3 is 2.35 bits per heavy atom. The van der Waals surface area contributed by atoms with Crippen molar-refractivity contribution in [3.05, 3.63) is 87.6 Å². The fourth-order valence-electron chi connectivity index (χ4n) is 4.02. The number of aryl methyl sites for hydroxylation is 2. The molecule has 0 bridgehead atoms. The van der Waals surface area contributed by atoms with E-state index in [0.29, 0.717) is 10.9 Å². The zero-order chi connectivity index (χ0) is 21.7. The van der Waals surface area contributed by atoms with Gasteiger partial charge in [-0.3, -0.25) is 9.36 Å². The Hall–Kier alpha value is -3.93. The molecule has 0 fully saturated rings. The lowest BCUT2D eigenvalue weighted by Crippen LogP contribution is -2.35. The first kappa shape index (κ1) is 19.1. The van der Waals surface area contributed by atoms with Crippen molar-refractivity contribution >= 4 is 28.4 Å². The molecule has 0 spiro atoms. The predicted octanol–water partition coefficient (Wildman–Crippen LogP) is 3.17. The highest BCUT2D eigenvalue weighted by atomic mass is 16.1. The highest BCUT2D eigenvalue weighted by Gasteiger charge is 2.20. The molecule has 3 aromatic heterocycles. The molecular formula is C25H23N5O. The molecule has 154 valence electrons. The predicted molar refractivity (Wildman–Crippen MR) is 125 cm³/mol. The zero-order valence-corrected chi connectivity index (χ0v) is 18.0. The van der Waals surface area contributed by atoms with Crippen molar-refractivity contribution in [3.63, 3.8) is 0 Å². The number of imidazole rings is 1. The maximum Gasteiger partial charge on any atom is 0.259 e. The van der Waals surface area contributed by atoms with Gasteiger partial charge in [0.25, 0.3) is 5.56 Å². The van der Waals surface area contributed by atoms with Crippen molar-refractivity contribution in [2.45, 2.75) is 6.92 Å². The Morgan fingerprint density at radius 1 is 0.968 bits per heavy atom. The maximum atomic E-state index is 13.5. The summed E-state index contributed by atoms with van der Waals surface area (Å²) in [4.78, 5) is 20.2. The van der Waals surface area contributed by atoms with Crippen LogP contribution in [0.3, 0.4) is 0 Å². The van der Waals surface area contributed by atoms with E-state index in [2.05, 4.69) is 22.0 Å². The first-order valence-corrected chi connectivity index (χ1v) is 10.2. The minimum absolute atomic E-state index is 0.0820. The molecule has 0 aliphatic rings. The van der Waals surface area contributed by atoms with Gasteiger partial charge in [-0.05, 0) is 36.3 Å². The summed E-state index contributed by atoms with van der Waals surface area (Å²) < 4.78 is 3.43. The molecule has 0 saturated carbocycles. The number of nitrogens with zero attached hydrogens (tertiary/aromatic N) is 5. The smallest absolute Gasteiger partial charge is 0.259 e. The van der Waals surface area contributed by atoms with Crippen LogP contribution in [0.5, 0.6) is 0 Å². The number of rotatable bonds is 3. The van der Waals surface area contributed by atoms with Gasteiger partial charge in [-0.15, -0.1) is 5.10 Å². The van der Waals surface area contributed by atoms with Crippen LogP contribution < -0.4 is 15.7 Å². The Balaban J connectivity index is 1.93. The number of hydrogen-bond donors (Lipinski definition) is 0. The lowest BCUT2D eigenvalue weighted by Gasteiger charge is -2.12. The Kier molecular flexibility index (Phi) is 4.36. The van der Waals surface area contributed by atoms with Crippen molar-refractivity contribution in [2.75, 3.05) is 19.0 Å². The maximum absolute atomic E-state index is 13.5. The van der Waals surface area contributed by atoms with Crippen molar-refractivity contribution in [2.24, 2.45) is 7.05 Å². The van der Waals surface area contributed by atoms with E-state index < -0.39 is 0 Å². The normalized spacial score (nSPS) is 12.2. The van der Waals surface area contributed by atoms with E-state index in [1.807, 2.05) is 80.3 Å². The number of fused-ring (bicyclic) bond motifs is 3. The second-order valence-electron chi connectivity index (χ2n) is 7.98. The van der Waals surface area contributed by atoms with Gasteiger partial charge in [0.1, 0.15) is 0 Å². The van der Waals surface area contributed by atoms with Gasteiger partial charge >= 0.3 is 0 Å². The van der Waals surface area contributed by atoms with Crippen molar-refractivity contribution in [1.82, 2.24) is 19.2 Å². The quantitative estimate of drug-likeness (QED) is 0.459. The molecular weight excluding hydrogens is 386 g/mol. The van der Waals surface area contributed by atoms with E-state index in [-0.39, 0.29) is 5.56 Å². The second kappa shape index (κ2) is 7.09. The minimum Gasteiger partial charge on any atom is -0.378 e. The summed E-state index contributed by atoms with van der Waals surface area (Å²) in [7, 11) is 5.79. The van der Waals surface area contributed by atoms with Crippen molar-refractivity contribution < 1.29 is 0 Å². The number of aromatic nitrogens is 4. The molecule has 0 aliphatic heterocycles. The first-order valence-electron chi connectivity index (χ1n) is 10.2. The summed E-state index contributed by atoms with van der Waals surface area (Å²) in [5, 5.41) is 6.22. The lowest BCUT2D eigenvalue weighted by atomic mass is 9.99. The van der Waals surface area contributed by atoms with Gasteiger partial charge in [0.2, 0.25) is 0 Å². The van der Waals surface area contributed by atoms with Crippen LogP contribution in [0.25, 0.3) is 33.9 Å². The van der Waals surface area contributed by atoms with Gasteiger partial charge < -0.3 is 4.90 Å². The summed E-state index contributed by atoms with van der Waals surface area (Å²) >= 11 is 0. The number of pyridine rings is 1. The Morgan fingerprint density at radius 2 is 1.68 bits per heavy atom. The fraction of sp³-hybridized carbons (Fsp3) is 0.160. The van der Waals surface area contributed by atoms with Crippen molar-refractivity contribution in [1.29, 1.82) is 0 Å². The molecule has 6 heteroatoms. The fourth-order valence-corrected chi connectivity index (χ4v) is 4.02. The highest BCUT2D eigenvalue weighted by molar-refractivity contribution is 6.03. The van der Waals surface area contributed by atoms with Gasteiger partial charge in [-0.1, -0.05) is 42.5 Å². The second-order valence-corrected chi connectivity index (χ2v) is 7.98. The van der Waals surface area contributed by atoms with Crippen LogP contribution in [0.15, 0.2) is 65.6 Å². The Labute approximate surface area is 179 Å². The molecule has 0 radical (unpaired) electrons. The van der Waals surface area contributed by atoms with Crippen LogP contribution in [-0.4, -0.2) is 33.3 Å². The molecule has 0 amide bonds. The van der Waals surface area contributed by atoms with Gasteiger partial charge in [0, 0.05) is 37.6 Å². The molecule has 6 nitrogen and oxygen atoms in total. The van der Waals surface area contributed by atoms with E-state index in [1.54, 1.807) is 11.6 Å². The van der Waals surface area contributed by atoms with Crippen LogP contribution in [0.4, 0.5) is 5.69 Å². The lowest BCUT2D eigenvalue weighted by molar-refractivity contribution is 0.848. The Bertz CT molecular complexity index is 1530. The molecule has 2 aromatic carbocycles. The summed E-state index contributed by atoms with van der Waals surface area (Å²) in [5.41, 5.74) is 6.16. The topological polar surface area (TPSA) is 55.4 Å². The third-order valence-corrected chi connectivity index (χ3v) is 5.71. The monoisotopic (exact) mass is 409 g/mol. The average Bonchev–Trinajstić information content (AvgIpc) is 3.33. The third kappa shape index (κ3) is 2.99. The molecule has 31 heavy (non-hydrogen) atoms. The summed E-state index contributed by atoms with van der Waals surface area (Å²) in [6.07, 6.45) is 3.77. The number of hydrogen-bond acceptors (Lipinski definition) is 4. The standard InChI is InChI=1S/C25H23N5O/c1-16-15-26-23-22-21(18-8-6-5-7-9-18)20(25(31)29(4)24(22)27-30(16)23)14-17-10-12-19(13-11-17)28(2)3/h5-15H,1-4H3/b20-14-. The molecule has 0 aliphatic carbocycles. The van der Waals surface area contributed by atoms with E-state index in [4.69, 9.17) is 5.10 Å². The van der Waals surface area contributed by atoms with Crippen molar-refractivity contribution in [3.8, 4) is 11.1 Å². The van der Waals surface area contributed by atoms with Crippen LogP contribution in [-0.2, 0) is 7.05 Å². The van der Waals surface area contributed by atoms with Crippen LogP contribution >= 0.6 is 0 Å². The molecule has 5 rings (SSSR count). The molecule has 0 atom stereocenters. The molecule has 0 unspecified atom stereocenters. The van der Waals surface area contributed by atoms with Crippen LogP contribution in [0.2, 0.25) is 0 Å². The van der Waals surface area contributed by atoms with E-state index in [0.717, 1.165) is 39.1 Å². The molecule has 5 aromatic rings. The molecule has 0 saturated heterocycles. The number of anilines is 1. The highest BCUT2D eigenvalue weighted by Crippen LogP contribution is 2.28. The first-order chi connectivity index (χ1) is 15.0. The van der Waals surface area contributed by atoms with Gasteiger partial charge in [-0.2, -0.15) is 0 Å². The molecule has 3 heterocycles. The zero-order valence-electron chi connectivity index (χ0n) is 18.0. The van der Waals surface area contributed by atoms with E-state index in [9.17, 15) is 4.79 Å². The summed E-state index contributed by atoms with van der Waals surface area (Å²) in [6, 6.07) is 18.2. The van der Waals surface area contributed by atoms with E-state index in [1.165, 1.54) is 0 Å². The average molecular weight is 409 g/mol. The van der Waals surface area contributed by atoms with Crippen LogP contribution in [0.1, 0.15) is 11.3 Å². The minimum atomic E-state index is -0.0820. The van der Waals surface area contributed by atoms with Crippen LogP contribution in [0, 0.1) is 6.92 Å². The van der Waals surface area contributed by atoms with Gasteiger partial charge in [0.15, 0.2) is 11.3 Å². The molecule has 0 N–H and O–H groups in total. The van der Waals surface area contributed by atoms with Gasteiger partial charge in [0.05, 0.1) is 17.3 Å². The largest absolute Gasteiger partial charge is 0.378 e. The SMILES string of the molecule is Cc1cnc2c3c(-c4ccccc4)/c(=C/c4ccc(N(C)C)cc4)c(=O)n(C)c3nn12. The summed E-state index contributed by atoms with van der Waals surface area (Å²) in [6.45, 7) is 1.96. The third-order valence-electron chi connectivity index (χ3n) is 5.71. The van der Waals surface area contributed by atoms with E-state index >= 15 is 0 Å². The van der Waals surface area contributed by atoms with Gasteiger partial charge in [-0.25, -0.2) is 9.50 Å². The summed E-state index contributed by atoms with van der Waals surface area (Å²) in [5.74, 6) is 0. The number of benzene rings is 2.